The molecule has 0 spiro atoms. The highest BCUT2D eigenvalue weighted by Gasteiger charge is 2.25. The summed E-state index contributed by atoms with van der Waals surface area (Å²) in [7, 11) is 0. The average Bonchev–Trinajstić information content (AvgIpc) is 3.78. The van der Waals surface area contributed by atoms with Crippen LogP contribution in [-0.2, 0) is 6.42 Å². The second-order valence-electron chi connectivity index (χ2n) is 15.9. The van der Waals surface area contributed by atoms with Crippen molar-refractivity contribution in [3.63, 3.8) is 0 Å². The molecule has 1 aliphatic carbocycles. The fourth-order valence-corrected chi connectivity index (χ4v) is 9.38. The lowest BCUT2D eigenvalue weighted by Crippen LogP contribution is -2.04. The van der Waals surface area contributed by atoms with E-state index >= 15 is 0 Å². The van der Waals surface area contributed by atoms with Crippen molar-refractivity contribution in [3.8, 4) is 56.7 Å². The van der Waals surface area contributed by atoms with Gasteiger partial charge >= 0.3 is 0 Å². The summed E-state index contributed by atoms with van der Waals surface area (Å²) in [5.41, 5.74) is 15.7. The van der Waals surface area contributed by atoms with E-state index in [0.717, 1.165) is 51.2 Å². The number of benzene rings is 8. The van der Waals surface area contributed by atoms with E-state index in [9.17, 15) is 0 Å². The molecular weight excluding hydrogens is 767 g/mol. The van der Waals surface area contributed by atoms with Crippen LogP contribution in [0.1, 0.15) is 16.8 Å². The van der Waals surface area contributed by atoms with E-state index in [0.29, 0.717) is 17.5 Å². The van der Waals surface area contributed by atoms with E-state index in [4.69, 9.17) is 15.0 Å². The molecule has 0 radical (unpaired) electrons. The number of nitrogens with zero attached hydrogens (tertiary/aromatic N) is 5. The third-order valence-electron chi connectivity index (χ3n) is 12.2. The highest BCUT2D eigenvalue weighted by molar-refractivity contribution is 6.09. The second-order valence-corrected chi connectivity index (χ2v) is 15.9. The largest absolute Gasteiger partial charge is 0.309 e. The maximum Gasteiger partial charge on any atom is 0.164 e. The number of hydrogen-bond donors (Lipinski definition) is 0. The number of allylic oxidation sites excluding steroid dienone is 3. The van der Waals surface area contributed by atoms with Crippen LogP contribution in [0.25, 0.3) is 94.9 Å². The van der Waals surface area contributed by atoms with Crippen molar-refractivity contribution in [1.82, 2.24) is 24.1 Å². The molecule has 8 aromatic carbocycles. The van der Waals surface area contributed by atoms with Gasteiger partial charge < -0.3 is 9.13 Å². The third-order valence-corrected chi connectivity index (χ3v) is 12.2. The van der Waals surface area contributed by atoms with Crippen LogP contribution in [-0.4, -0.2) is 24.1 Å². The molecule has 0 atom stereocenters. The zero-order chi connectivity index (χ0) is 41.7. The molecule has 296 valence electrons. The Morgan fingerprint density at radius 1 is 0.381 bits per heavy atom. The molecule has 12 rings (SSSR count). The average molecular weight is 806 g/mol. The van der Waals surface area contributed by atoms with Gasteiger partial charge in [-0.25, -0.2) is 15.0 Å². The lowest BCUT2D eigenvalue weighted by molar-refractivity contribution is 1.07. The number of aromatic nitrogens is 5. The number of fused-ring (bicyclic) bond motifs is 6. The minimum Gasteiger partial charge on any atom is -0.309 e. The number of hydrogen-bond acceptors (Lipinski definition) is 3. The fraction of sp³-hybridized carbons (Fsp3) is 0.0172. The van der Waals surface area contributed by atoms with Crippen molar-refractivity contribution in [2.45, 2.75) is 6.42 Å². The predicted octanol–water partition coefficient (Wildman–Crippen LogP) is 14.1. The minimum absolute atomic E-state index is 0.629. The first-order chi connectivity index (χ1) is 31.3. The van der Waals surface area contributed by atoms with Crippen LogP contribution in [0.3, 0.4) is 0 Å². The monoisotopic (exact) mass is 805 g/mol. The van der Waals surface area contributed by atoms with Crippen LogP contribution >= 0.6 is 0 Å². The van der Waals surface area contributed by atoms with Crippen LogP contribution in [0.15, 0.2) is 224 Å². The first kappa shape index (κ1) is 36.4. The van der Waals surface area contributed by atoms with Gasteiger partial charge in [0.2, 0.25) is 0 Å². The molecule has 3 aromatic heterocycles. The molecule has 0 unspecified atom stereocenters. The molecule has 0 N–H and O–H groups in total. The Bertz CT molecular complexity index is 3450. The zero-order valence-corrected chi connectivity index (χ0v) is 34.3. The van der Waals surface area contributed by atoms with Gasteiger partial charge in [0, 0.05) is 55.4 Å². The van der Waals surface area contributed by atoms with Gasteiger partial charge in [-0.15, -0.1) is 0 Å². The van der Waals surface area contributed by atoms with Crippen LogP contribution < -0.4 is 0 Å². The molecule has 1 aliphatic rings. The van der Waals surface area contributed by atoms with Gasteiger partial charge in [0.1, 0.15) is 0 Å². The first-order valence-corrected chi connectivity index (χ1v) is 21.4. The van der Waals surface area contributed by atoms with Crippen molar-refractivity contribution >= 4 is 38.3 Å². The molecule has 5 nitrogen and oxygen atoms in total. The number of rotatable bonds is 7. The van der Waals surface area contributed by atoms with Crippen LogP contribution in [0, 0.1) is 0 Å². The van der Waals surface area contributed by atoms with E-state index in [2.05, 4.69) is 173 Å². The first-order valence-electron chi connectivity index (χ1n) is 21.4. The van der Waals surface area contributed by atoms with Gasteiger partial charge in [-0.05, 0) is 65.6 Å². The van der Waals surface area contributed by atoms with E-state index in [1.165, 1.54) is 49.5 Å². The summed E-state index contributed by atoms with van der Waals surface area (Å²) in [6.45, 7) is 0. The normalized spacial score (nSPS) is 12.4. The summed E-state index contributed by atoms with van der Waals surface area (Å²) in [4.78, 5) is 15.1. The van der Waals surface area contributed by atoms with Crippen molar-refractivity contribution in [1.29, 1.82) is 0 Å². The fourth-order valence-electron chi connectivity index (χ4n) is 9.38. The lowest BCUT2D eigenvalue weighted by Gasteiger charge is -2.17. The second kappa shape index (κ2) is 15.2. The van der Waals surface area contributed by atoms with Gasteiger partial charge in [-0.1, -0.05) is 182 Å². The Morgan fingerprint density at radius 2 is 0.889 bits per heavy atom. The lowest BCUT2D eigenvalue weighted by atomic mass is 9.96. The highest BCUT2D eigenvalue weighted by atomic mass is 15.0. The Hall–Kier alpha value is -8.41. The Kier molecular flexibility index (Phi) is 8.82. The predicted molar refractivity (Wildman–Crippen MR) is 259 cm³/mol. The van der Waals surface area contributed by atoms with Gasteiger partial charge in [0.25, 0.3) is 0 Å². The molecule has 5 heteroatoms. The third kappa shape index (κ3) is 6.29. The van der Waals surface area contributed by atoms with Gasteiger partial charge in [0.15, 0.2) is 17.5 Å². The summed E-state index contributed by atoms with van der Waals surface area (Å²) < 4.78 is 4.86. The van der Waals surface area contributed by atoms with E-state index < -0.39 is 0 Å². The van der Waals surface area contributed by atoms with Crippen molar-refractivity contribution < 1.29 is 0 Å². The summed E-state index contributed by atoms with van der Waals surface area (Å²) in [5, 5.41) is 3.76. The highest BCUT2D eigenvalue weighted by Crippen LogP contribution is 2.43. The Balaban J connectivity index is 1.02. The summed E-state index contributed by atoms with van der Waals surface area (Å²) in [6.07, 6.45) is 7.55. The molecule has 0 saturated heterocycles. The van der Waals surface area contributed by atoms with Crippen molar-refractivity contribution in [3.05, 3.63) is 241 Å². The van der Waals surface area contributed by atoms with Gasteiger partial charge in [-0.3, -0.25) is 0 Å². The molecule has 0 bridgehead atoms. The molecule has 0 aliphatic heterocycles. The smallest absolute Gasteiger partial charge is 0.164 e. The molecule has 63 heavy (non-hydrogen) atoms. The molecule has 0 fully saturated rings. The minimum atomic E-state index is 0.629. The summed E-state index contributed by atoms with van der Waals surface area (Å²) >= 11 is 0. The molecule has 0 amide bonds. The molecule has 0 saturated carbocycles. The van der Waals surface area contributed by atoms with Crippen LogP contribution in [0.5, 0.6) is 0 Å². The topological polar surface area (TPSA) is 48.5 Å². The molecular formula is C58H39N5. The van der Waals surface area contributed by atoms with E-state index in [1.54, 1.807) is 0 Å². The maximum atomic E-state index is 5.08. The molecule has 3 heterocycles. The zero-order valence-electron chi connectivity index (χ0n) is 34.3. The van der Waals surface area contributed by atoms with Crippen LogP contribution in [0.2, 0.25) is 0 Å². The van der Waals surface area contributed by atoms with Crippen LogP contribution in [0.4, 0.5) is 0 Å². The maximum absolute atomic E-state index is 5.08. The van der Waals surface area contributed by atoms with Crippen molar-refractivity contribution in [2.24, 2.45) is 0 Å². The number of para-hydroxylation sites is 4. The van der Waals surface area contributed by atoms with Gasteiger partial charge in [-0.2, -0.15) is 0 Å². The van der Waals surface area contributed by atoms with Crippen molar-refractivity contribution in [2.75, 3.05) is 0 Å². The summed E-state index contributed by atoms with van der Waals surface area (Å²) in [6, 6.07) is 72.9. The molecule has 11 aromatic rings. The Morgan fingerprint density at radius 3 is 1.54 bits per heavy atom. The Labute approximate surface area is 365 Å². The van der Waals surface area contributed by atoms with E-state index in [1.807, 2.05) is 60.7 Å². The summed E-state index contributed by atoms with van der Waals surface area (Å²) in [5.74, 6) is 1.91. The van der Waals surface area contributed by atoms with Gasteiger partial charge in [0.05, 0.1) is 22.2 Å². The quantitative estimate of drug-likeness (QED) is 0.161. The standard InChI is InChI=1S/C58H39N5/c1-4-18-40(19-5-1)56-59-57(41-20-6-2-7-21-41)61-58(60-56)43-23-16-22-42(38-43)47-26-10-11-29-50-51-31-17-30-46(54(51)63(55(47)50)44-24-8-3-9-25-44)39-34-36-45(37-35-39)62-52-32-14-12-27-48(52)49-28-13-15-33-53(49)62/h1-28,30-38H,29H2. The SMILES string of the molecule is C1=CCc2c(n(-c3ccccc3)c3c(-c4ccc(-n5c6ccccc6c6ccccc65)cc4)cccc23)C(c2cccc(-c3nc(-c4ccccc4)nc(-c4ccccc4)n3)c2)=C1. The van der Waals surface area contributed by atoms with E-state index in [-0.39, 0.29) is 0 Å².